The normalized spacial score (nSPS) is 18.3. The van der Waals surface area contributed by atoms with E-state index in [1.807, 2.05) is 14.1 Å². The highest BCUT2D eigenvalue weighted by molar-refractivity contribution is 7.89. The zero-order chi connectivity index (χ0) is 15.6. The summed E-state index contributed by atoms with van der Waals surface area (Å²) >= 11 is 0. The molecule has 1 aromatic carbocycles. The van der Waals surface area contributed by atoms with Gasteiger partial charge in [0, 0.05) is 31.2 Å². The van der Waals surface area contributed by atoms with E-state index in [9.17, 15) is 12.8 Å². The molecule has 0 aromatic heterocycles. The maximum Gasteiger partial charge on any atom is 0.243 e. The van der Waals surface area contributed by atoms with E-state index in [0.29, 0.717) is 19.1 Å². The monoisotopic (exact) mass is 315 g/mol. The molecule has 2 rings (SSSR count). The van der Waals surface area contributed by atoms with Gasteiger partial charge in [-0.05, 0) is 39.1 Å². The second-order valence-corrected chi connectivity index (χ2v) is 7.43. The van der Waals surface area contributed by atoms with Crippen LogP contribution >= 0.6 is 0 Å². The molecule has 0 amide bonds. The fraction of sp³-hybridized carbons (Fsp3) is 0.571. The van der Waals surface area contributed by atoms with E-state index in [4.69, 9.17) is 5.73 Å². The molecule has 2 N–H and O–H groups in total. The van der Waals surface area contributed by atoms with Crippen molar-refractivity contribution in [2.45, 2.75) is 30.3 Å². The van der Waals surface area contributed by atoms with Crippen LogP contribution < -0.4 is 5.73 Å². The number of hydrogen-bond acceptors (Lipinski definition) is 4. The average molecular weight is 315 g/mol. The fourth-order valence-electron chi connectivity index (χ4n) is 2.72. The number of nitrogens with two attached hydrogens (primary N) is 1. The molecule has 0 bridgehead atoms. The topological polar surface area (TPSA) is 66.6 Å². The molecule has 1 aromatic rings. The number of rotatable bonds is 4. The van der Waals surface area contributed by atoms with Crippen molar-refractivity contribution < 1.29 is 12.8 Å². The van der Waals surface area contributed by atoms with Gasteiger partial charge in [-0.1, -0.05) is 6.07 Å². The molecule has 5 nitrogen and oxygen atoms in total. The molecule has 1 aliphatic rings. The maximum absolute atomic E-state index is 13.7. The number of piperidine rings is 1. The molecule has 0 radical (unpaired) electrons. The van der Waals surface area contributed by atoms with Gasteiger partial charge >= 0.3 is 0 Å². The Labute approximate surface area is 125 Å². The smallest absolute Gasteiger partial charge is 0.243 e. The highest BCUT2D eigenvalue weighted by Crippen LogP contribution is 2.25. The zero-order valence-electron chi connectivity index (χ0n) is 12.4. The molecule has 7 heteroatoms. The van der Waals surface area contributed by atoms with Crippen molar-refractivity contribution in [1.29, 1.82) is 0 Å². The van der Waals surface area contributed by atoms with Crippen molar-refractivity contribution >= 4 is 10.0 Å². The van der Waals surface area contributed by atoms with Crippen molar-refractivity contribution in [3.63, 3.8) is 0 Å². The Morgan fingerprint density at radius 2 is 1.95 bits per heavy atom. The summed E-state index contributed by atoms with van der Waals surface area (Å²) in [5, 5.41) is 0. The summed E-state index contributed by atoms with van der Waals surface area (Å²) < 4.78 is 40.5. The van der Waals surface area contributed by atoms with Crippen LogP contribution in [0.15, 0.2) is 23.1 Å². The minimum Gasteiger partial charge on any atom is -0.326 e. The van der Waals surface area contributed by atoms with Gasteiger partial charge in [0.1, 0.15) is 5.82 Å². The minimum absolute atomic E-state index is 0.00620. The van der Waals surface area contributed by atoms with Crippen LogP contribution in [0.1, 0.15) is 18.4 Å². The van der Waals surface area contributed by atoms with Crippen LogP contribution in [0.4, 0.5) is 4.39 Å². The van der Waals surface area contributed by atoms with Gasteiger partial charge < -0.3 is 10.6 Å². The molecule has 1 saturated heterocycles. The number of hydrogen-bond donors (Lipinski definition) is 1. The Hall–Kier alpha value is -1.02. The molecular weight excluding hydrogens is 293 g/mol. The highest BCUT2D eigenvalue weighted by Gasteiger charge is 2.31. The van der Waals surface area contributed by atoms with Gasteiger partial charge in [0.25, 0.3) is 0 Å². The van der Waals surface area contributed by atoms with Gasteiger partial charge in [0.15, 0.2) is 0 Å². The summed E-state index contributed by atoms with van der Waals surface area (Å²) in [5.74, 6) is -0.568. The molecule has 118 valence electrons. The summed E-state index contributed by atoms with van der Waals surface area (Å²) in [6.45, 7) is 0.771. The highest BCUT2D eigenvalue weighted by atomic mass is 32.2. The Morgan fingerprint density at radius 1 is 1.33 bits per heavy atom. The van der Waals surface area contributed by atoms with Crippen LogP contribution in [-0.4, -0.2) is 50.8 Å². The lowest BCUT2D eigenvalue weighted by molar-refractivity contribution is 0.196. The van der Waals surface area contributed by atoms with E-state index in [1.165, 1.54) is 22.5 Å². The van der Waals surface area contributed by atoms with Crippen LogP contribution in [0, 0.1) is 5.82 Å². The van der Waals surface area contributed by atoms with Crippen LogP contribution in [0.25, 0.3) is 0 Å². The third kappa shape index (κ3) is 3.26. The predicted octanol–water partition coefficient (Wildman–Crippen LogP) is 0.999. The lowest BCUT2D eigenvalue weighted by Gasteiger charge is -2.34. The van der Waals surface area contributed by atoms with E-state index < -0.39 is 15.8 Å². The summed E-state index contributed by atoms with van der Waals surface area (Å²) in [6.07, 6.45) is 1.55. The van der Waals surface area contributed by atoms with Crippen molar-refractivity contribution in [2.75, 3.05) is 27.2 Å². The standard InChI is InChI=1S/C14H22FN3O2S/c1-17(2)11-6-8-18(9-7-11)21(19,20)14-5-3-4-13(15)12(14)10-16/h3-5,11H,6-10,16H2,1-2H3. The molecule has 0 unspecified atom stereocenters. The van der Waals surface area contributed by atoms with Gasteiger partial charge in [-0.25, -0.2) is 12.8 Å². The first-order valence-electron chi connectivity index (χ1n) is 7.02. The van der Waals surface area contributed by atoms with Crippen LogP contribution in [-0.2, 0) is 16.6 Å². The Bertz CT molecular complexity index is 596. The molecule has 1 fully saturated rings. The van der Waals surface area contributed by atoms with Crippen molar-refractivity contribution in [2.24, 2.45) is 5.73 Å². The number of benzene rings is 1. The summed E-state index contributed by atoms with van der Waals surface area (Å²) in [5.41, 5.74) is 5.57. The van der Waals surface area contributed by atoms with E-state index in [-0.39, 0.29) is 17.0 Å². The number of nitrogens with zero attached hydrogens (tertiary/aromatic N) is 2. The van der Waals surface area contributed by atoms with Crippen LogP contribution in [0.5, 0.6) is 0 Å². The first-order valence-corrected chi connectivity index (χ1v) is 8.46. The maximum atomic E-state index is 13.7. The minimum atomic E-state index is -3.68. The molecule has 0 spiro atoms. The summed E-state index contributed by atoms with van der Waals surface area (Å²) in [4.78, 5) is 2.10. The quantitative estimate of drug-likeness (QED) is 0.900. The second kappa shape index (κ2) is 6.39. The largest absolute Gasteiger partial charge is 0.326 e. The molecule has 21 heavy (non-hydrogen) atoms. The summed E-state index contributed by atoms with van der Waals surface area (Å²) in [7, 11) is 0.306. The second-order valence-electron chi connectivity index (χ2n) is 5.52. The van der Waals surface area contributed by atoms with Crippen LogP contribution in [0.3, 0.4) is 0 Å². The van der Waals surface area contributed by atoms with E-state index in [2.05, 4.69) is 4.90 Å². The van der Waals surface area contributed by atoms with E-state index in [1.54, 1.807) is 0 Å². The Kier molecular flexibility index (Phi) is 4.98. The Morgan fingerprint density at radius 3 is 2.48 bits per heavy atom. The lowest BCUT2D eigenvalue weighted by atomic mass is 10.1. The molecule has 1 heterocycles. The fourth-order valence-corrected chi connectivity index (χ4v) is 4.43. The zero-order valence-corrected chi connectivity index (χ0v) is 13.2. The van der Waals surface area contributed by atoms with Gasteiger partial charge in [0.05, 0.1) is 4.90 Å². The van der Waals surface area contributed by atoms with Gasteiger partial charge in [0.2, 0.25) is 10.0 Å². The molecular formula is C14H22FN3O2S. The average Bonchev–Trinajstić information content (AvgIpc) is 2.47. The van der Waals surface area contributed by atoms with E-state index >= 15 is 0 Å². The third-order valence-corrected chi connectivity index (χ3v) is 6.03. The SMILES string of the molecule is CN(C)C1CCN(S(=O)(=O)c2cccc(F)c2CN)CC1. The van der Waals surface area contributed by atoms with Gasteiger partial charge in [-0.3, -0.25) is 0 Å². The van der Waals surface area contributed by atoms with Crippen LogP contribution in [0.2, 0.25) is 0 Å². The first-order chi connectivity index (χ1) is 9.87. The lowest BCUT2D eigenvalue weighted by Crippen LogP contribution is -2.44. The van der Waals surface area contributed by atoms with Crippen molar-refractivity contribution in [3.8, 4) is 0 Å². The van der Waals surface area contributed by atoms with Gasteiger partial charge in [-0.2, -0.15) is 4.31 Å². The molecule has 1 aliphatic heterocycles. The third-order valence-electron chi connectivity index (χ3n) is 4.05. The van der Waals surface area contributed by atoms with Crippen molar-refractivity contribution in [1.82, 2.24) is 9.21 Å². The number of sulfonamides is 1. The summed E-state index contributed by atoms with van der Waals surface area (Å²) in [6, 6.07) is 4.46. The molecule has 0 aliphatic carbocycles. The van der Waals surface area contributed by atoms with Crippen molar-refractivity contribution in [3.05, 3.63) is 29.6 Å². The molecule has 0 atom stereocenters. The number of halogens is 1. The predicted molar refractivity (Wildman–Crippen MR) is 79.8 cm³/mol. The first kappa shape index (κ1) is 16.4. The van der Waals surface area contributed by atoms with E-state index in [0.717, 1.165) is 12.8 Å². The Balaban J connectivity index is 2.26. The molecule has 0 saturated carbocycles. The van der Waals surface area contributed by atoms with Gasteiger partial charge in [-0.15, -0.1) is 0 Å².